The van der Waals surface area contributed by atoms with E-state index >= 15 is 0 Å². The lowest BCUT2D eigenvalue weighted by Crippen LogP contribution is -2.47. The molecule has 0 radical (unpaired) electrons. The Balaban J connectivity index is 2.01. The average molecular weight is 534 g/mol. The van der Waals surface area contributed by atoms with Crippen molar-refractivity contribution in [3.05, 3.63) is 53.6 Å². The van der Waals surface area contributed by atoms with Crippen molar-refractivity contribution in [2.45, 2.75) is 89.6 Å². The summed E-state index contributed by atoms with van der Waals surface area (Å²) in [6.07, 6.45) is 10.4. The molecule has 0 aromatic heterocycles. The molecule has 1 N–H and O–H groups in total. The summed E-state index contributed by atoms with van der Waals surface area (Å²) in [4.78, 5) is 32.6. The fourth-order valence-corrected chi connectivity index (χ4v) is 5.34. The van der Waals surface area contributed by atoms with E-state index in [1.165, 1.54) is 0 Å². The Hall–Kier alpha value is -3.11. The van der Waals surface area contributed by atoms with Gasteiger partial charge in [0.15, 0.2) is 0 Å². The number of amides is 2. The van der Waals surface area contributed by atoms with Gasteiger partial charge in [-0.2, -0.15) is 0 Å². The number of hydrogen-bond donors (Lipinski definition) is 1. The first kappa shape index (κ1) is 29.4. The van der Waals surface area contributed by atoms with Gasteiger partial charge in [0.1, 0.15) is 19.5 Å². The summed E-state index contributed by atoms with van der Waals surface area (Å²) in [6, 6.07) is 5.86. The molecule has 0 bridgehead atoms. The number of methoxy groups -OCH3 is 1. The highest BCUT2D eigenvalue weighted by molar-refractivity contribution is 6.84. The van der Waals surface area contributed by atoms with Gasteiger partial charge in [-0.15, -0.1) is 5.54 Å². The van der Waals surface area contributed by atoms with Crippen molar-refractivity contribution < 1.29 is 14.3 Å². The SMILES string of the molecule is C=C(/C=C\C(=NC)C(=O)NC1CCC1)[C@H]1c2ccc(OC)cc2C[C@H](CCCC)N1C(=O)C#C[Si](C)(C)C. The van der Waals surface area contributed by atoms with Crippen LogP contribution in [-0.4, -0.2) is 56.7 Å². The molecule has 38 heavy (non-hydrogen) atoms. The topological polar surface area (TPSA) is 71.0 Å². The number of nitrogens with one attached hydrogen (secondary N) is 1. The van der Waals surface area contributed by atoms with Crippen LogP contribution in [0.1, 0.15) is 62.6 Å². The maximum absolute atomic E-state index is 13.7. The van der Waals surface area contributed by atoms with E-state index in [0.29, 0.717) is 5.71 Å². The number of nitrogens with zero attached hydrogens (tertiary/aromatic N) is 2. The first-order valence-electron chi connectivity index (χ1n) is 13.7. The zero-order chi connectivity index (χ0) is 27.9. The normalized spacial score (nSPS) is 19.7. The highest BCUT2D eigenvalue weighted by Crippen LogP contribution is 2.40. The van der Waals surface area contributed by atoms with Crippen molar-refractivity contribution in [2.75, 3.05) is 14.2 Å². The van der Waals surface area contributed by atoms with E-state index in [2.05, 4.69) is 61.0 Å². The summed E-state index contributed by atoms with van der Waals surface area (Å²) in [5.74, 6) is 3.44. The summed E-state index contributed by atoms with van der Waals surface area (Å²) in [7, 11) is 1.54. The van der Waals surface area contributed by atoms with Crippen LogP contribution < -0.4 is 10.1 Å². The molecule has 0 unspecified atom stereocenters. The lowest BCUT2D eigenvalue weighted by atomic mass is 9.83. The Bertz CT molecular complexity index is 1170. The zero-order valence-electron chi connectivity index (χ0n) is 23.9. The number of benzene rings is 1. The minimum atomic E-state index is -1.75. The van der Waals surface area contributed by atoms with Crippen LogP contribution in [0.3, 0.4) is 0 Å². The molecule has 1 fully saturated rings. The monoisotopic (exact) mass is 533 g/mol. The van der Waals surface area contributed by atoms with Crippen LogP contribution in [0.5, 0.6) is 5.75 Å². The van der Waals surface area contributed by atoms with Crippen molar-refractivity contribution in [3.63, 3.8) is 0 Å². The molecule has 2 aliphatic rings. The Morgan fingerprint density at radius 3 is 2.58 bits per heavy atom. The minimum Gasteiger partial charge on any atom is -0.497 e. The van der Waals surface area contributed by atoms with E-state index in [1.54, 1.807) is 20.2 Å². The molecule has 1 aliphatic carbocycles. The van der Waals surface area contributed by atoms with Crippen LogP contribution >= 0.6 is 0 Å². The van der Waals surface area contributed by atoms with Crippen LogP contribution in [0.4, 0.5) is 0 Å². The molecule has 3 rings (SSSR count). The first-order chi connectivity index (χ1) is 18.1. The molecule has 204 valence electrons. The second-order valence-corrected chi connectivity index (χ2v) is 16.0. The van der Waals surface area contributed by atoms with Gasteiger partial charge in [-0.3, -0.25) is 14.6 Å². The maximum Gasteiger partial charge on any atom is 0.298 e. The van der Waals surface area contributed by atoms with Gasteiger partial charge >= 0.3 is 0 Å². The third-order valence-corrected chi connectivity index (χ3v) is 8.04. The summed E-state index contributed by atoms with van der Waals surface area (Å²) < 4.78 is 5.51. The smallest absolute Gasteiger partial charge is 0.298 e. The molecular weight excluding hydrogens is 490 g/mol. The number of aliphatic imine (C=N–C) groups is 1. The Morgan fingerprint density at radius 2 is 2.00 bits per heavy atom. The number of carbonyl (C=O) groups is 2. The predicted octanol–water partition coefficient (Wildman–Crippen LogP) is 5.41. The molecule has 1 heterocycles. The highest BCUT2D eigenvalue weighted by atomic mass is 28.3. The third-order valence-electron chi connectivity index (χ3n) is 7.16. The molecule has 0 spiro atoms. The average Bonchev–Trinajstić information content (AvgIpc) is 2.86. The molecule has 2 amide bonds. The summed E-state index contributed by atoms with van der Waals surface area (Å²) >= 11 is 0. The van der Waals surface area contributed by atoms with Gasteiger partial charge < -0.3 is 15.0 Å². The summed E-state index contributed by atoms with van der Waals surface area (Å²) in [5, 5.41) is 3.04. The van der Waals surface area contributed by atoms with Crippen molar-refractivity contribution in [1.82, 2.24) is 10.2 Å². The Labute approximate surface area is 229 Å². The van der Waals surface area contributed by atoms with Gasteiger partial charge in [0.25, 0.3) is 11.8 Å². The number of fused-ring (bicyclic) bond motifs is 1. The second-order valence-electron chi connectivity index (χ2n) is 11.3. The van der Waals surface area contributed by atoms with Gasteiger partial charge in [-0.1, -0.05) is 58.1 Å². The third kappa shape index (κ3) is 7.47. The van der Waals surface area contributed by atoms with E-state index < -0.39 is 8.07 Å². The minimum absolute atomic E-state index is 0.00521. The summed E-state index contributed by atoms with van der Waals surface area (Å²) in [5.41, 5.74) is 6.50. The maximum atomic E-state index is 13.7. The van der Waals surface area contributed by atoms with Crippen LogP contribution in [0.2, 0.25) is 19.6 Å². The first-order valence-corrected chi connectivity index (χ1v) is 17.2. The van der Waals surface area contributed by atoms with Crippen LogP contribution in [0.25, 0.3) is 0 Å². The largest absolute Gasteiger partial charge is 0.497 e. The van der Waals surface area contributed by atoms with Crippen LogP contribution in [0.15, 0.2) is 47.5 Å². The highest BCUT2D eigenvalue weighted by Gasteiger charge is 2.38. The quantitative estimate of drug-likeness (QED) is 0.200. The van der Waals surface area contributed by atoms with Crippen molar-refractivity contribution in [3.8, 4) is 17.2 Å². The number of carbonyl (C=O) groups excluding carboxylic acids is 2. The van der Waals surface area contributed by atoms with Gasteiger partial charge in [0, 0.05) is 19.1 Å². The Kier molecular flexibility index (Phi) is 10.2. The fraction of sp³-hybridized carbons (Fsp3) is 0.516. The van der Waals surface area contributed by atoms with E-state index in [0.717, 1.165) is 67.4 Å². The predicted molar refractivity (Wildman–Crippen MR) is 158 cm³/mol. The second kappa shape index (κ2) is 13.1. The lowest BCUT2D eigenvalue weighted by molar-refractivity contribution is -0.130. The van der Waals surface area contributed by atoms with Gasteiger partial charge in [-0.25, -0.2) is 0 Å². The van der Waals surface area contributed by atoms with E-state index in [9.17, 15) is 9.59 Å². The molecule has 1 aliphatic heterocycles. The molecule has 0 saturated heterocycles. The molecular formula is C31H43N3O3Si. The molecule has 1 aromatic carbocycles. The molecule has 7 heteroatoms. The van der Waals surface area contributed by atoms with E-state index in [1.807, 2.05) is 23.1 Å². The van der Waals surface area contributed by atoms with E-state index in [-0.39, 0.29) is 29.9 Å². The number of ether oxygens (including phenoxy) is 1. The van der Waals surface area contributed by atoms with Crippen molar-refractivity contribution in [1.29, 1.82) is 0 Å². The molecule has 1 aromatic rings. The van der Waals surface area contributed by atoms with Crippen molar-refractivity contribution in [2.24, 2.45) is 4.99 Å². The van der Waals surface area contributed by atoms with Crippen LogP contribution in [-0.2, 0) is 16.0 Å². The lowest BCUT2D eigenvalue weighted by Gasteiger charge is -2.43. The van der Waals surface area contributed by atoms with Crippen LogP contribution in [0, 0.1) is 11.5 Å². The number of rotatable bonds is 9. The number of unbranched alkanes of at least 4 members (excludes halogenated alkanes) is 1. The molecule has 1 saturated carbocycles. The zero-order valence-corrected chi connectivity index (χ0v) is 24.9. The molecule has 6 nitrogen and oxygen atoms in total. The van der Waals surface area contributed by atoms with Gasteiger partial charge in [0.2, 0.25) is 0 Å². The summed E-state index contributed by atoms with van der Waals surface area (Å²) in [6.45, 7) is 13.0. The standard InChI is InChI=1S/C31H43N3O3Si/c1-8-9-13-25-20-23-21-26(37-4)15-16-27(23)30(34(25)29(35)18-19-38(5,6)7)22(2)14-17-28(32-3)31(36)33-24-11-10-12-24/h14-17,21,24-25,30H,2,8-13,20H2,1,3-7H3,(H,33,36)/b17-14-,32-28?/t25-,30-/m0/s1. The Morgan fingerprint density at radius 1 is 1.26 bits per heavy atom. The van der Waals surface area contributed by atoms with Gasteiger partial charge in [-0.05, 0) is 72.9 Å². The fourth-order valence-electron chi connectivity index (χ4n) is 4.85. The van der Waals surface area contributed by atoms with Crippen molar-refractivity contribution >= 4 is 25.6 Å². The van der Waals surface area contributed by atoms with Gasteiger partial charge in [0.05, 0.1) is 13.2 Å². The van der Waals surface area contributed by atoms with E-state index in [4.69, 9.17) is 4.74 Å². The molecule has 2 atom stereocenters. The number of hydrogen-bond acceptors (Lipinski definition) is 4.